The van der Waals surface area contributed by atoms with Gasteiger partial charge < -0.3 is 15.0 Å². The Morgan fingerprint density at radius 2 is 2.20 bits per heavy atom. The van der Waals surface area contributed by atoms with Gasteiger partial charge >= 0.3 is 5.97 Å². The highest BCUT2D eigenvalue weighted by molar-refractivity contribution is 5.76. The van der Waals surface area contributed by atoms with Crippen molar-refractivity contribution >= 4 is 5.97 Å². The van der Waals surface area contributed by atoms with Crippen LogP contribution in [0.2, 0.25) is 0 Å². The minimum Gasteiger partial charge on any atom is -0.468 e. The number of esters is 1. The summed E-state index contributed by atoms with van der Waals surface area (Å²) in [5.74, 6) is -0.137. The molecule has 0 aromatic rings. The number of nitrogens with zero attached hydrogens (tertiary/aromatic N) is 2. The van der Waals surface area contributed by atoms with Gasteiger partial charge in [0.15, 0.2) is 0 Å². The number of ether oxygens (including phenoxy) is 1. The quantitative estimate of drug-likeness (QED) is 0.664. The molecule has 2 atom stereocenters. The SMILES string of the molecule is CCN1CCCC1CN(C)CC(NC1CC1)C(=O)OC. The average Bonchev–Trinajstić information content (AvgIpc) is 3.14. The molecule has 1 saturated heterocycles. The van der Waals surface area contributed by atoms with E-state index in [9.17, 15) is 4.79 Å². The van der Waals surface area contributed by atoms with Gasteiger partial charge in [0.05, 0.1) is 7.11 Å². The molecule has 2 fully saturated rings. The van der Waals surface area contributed by atoms with Crippen molar-refractivity contribution in [3.05, 3.63) is 0 Å². The number of nitrogens with one attached hydrogen (secondary N) is 1. The maximum Gasteiger partial charge on any atom is 0.324 e. The fourth-order valence-electron chi connectivity index (χ4n) is 3.14. The second-order valence-corrected chi connectivity index (χ2v) is 6.16. The molecule has 0 spiro atoms. The minimum absolute atomic E-state index is 0.137. The lowest BCUT2D eigenvalue weighted by Crippen LogP contribution is -2.49. The Bertz CT molecular complexity index is 320. The molecule has 1 aliphatic heterocycles. The molecule has 0 aromatic heterocycles. The molecule has 1 saturated carbocycles. The summed E-state index contributed by atoms with van der Waals surface area (Å²) >= 11 is 0. The summed E-state index contributed by atoms with van der Waals surface area (Å²) in [4.78, 5) is 16.7. The van der Waals surface area contributed by atoms with Crippen LogP contribution in [0.1, 0.15) is 32.6 Å². The van der Waals surface area contributed by atoms with Gasteiger partial charge in [-0.05, 0) is 45.8 Å². The molecule has 20 heavy (non-hydrogen) atoms. The van der Waals surface area contributed by atoms with Crippen LogP contribution >= 0.6 is 0 Å². The number of methoxy groups -OCH3 is 1. The lowest BCUT2D eigenvalue weighted by atomic mass is 10.2. The Balaban J connectivity index is 1.80. The Hall–Kier alpha value is -0.650. The average molecular weight is 283 g/mol. The van der Waals surface area contributed by atoms with Crippen LogP contribution in [-0.4, -0.2) is 74.2 Å². The summed E-state index contributed by atoms with van der Waals surface area (Å²) in [5, 5.41) is 3.39. The molecular weight excluding hydrogens is 254 g/mol. The number of carbonyl (C=O) groups excluding carboxylic acids is 1. The van der Waals surface area contributed by atoms with Crippen molar-refractivity contribution in [3.63, 3.8) is 0 Å². The standard InChI is InChI=1S/C15H29N3O2/c1-4-18-9-5-6-13(18)10-17(2)11-14(15(19)20-3)16-12-7-8-12/h12-14,16H,4-11H2,1-3H3. The predicted molar refractivity (Wildman–Crippen MR) is 79.7 cm³/mol. The third-order valence-electron chi connectivity index (χ3n) is 4.42. The number of hydrogen-bond acceptors (Lipinski definition) is 5. The first-order chi connectivity index (χ1) is 9.63. The molecule has 2 aliphatic rings. The largest absolute Gasteiger partial charge is 0.468 e. The van der Waals surface area contributed by atoms with Gasteiger partial charge in [-0.2, -0.15) is 0 Å². The van der Waals surface area contributed by atoms with Crippen LogP contribution in [0.15, 0.2) is 0 Å². The maximum atomic E-state index is 11.8. The normalized spacial score (nSPS) is 25.1. The van der Waals surface area contributed by atoms with E-state index in [0.29, 0.717) is 12.1 Å². The highest BCUT2D eigenvalue weighted by Crippen LogP contribution is 2.20. The second-order valence-electron chi connectivity index (χ2n) is 6.16. The first-order valence-electron chi connectivity index (χ1n) is 7.90. The van der Waals surface area contributed by atoms with Crippen molar-refractivity contribution in [3.8, 4) is 0 Å². The van der Waals surface area contributed by atoms with Crippen LogP contribution in [0.4, 0.5) is 0 Å². The molecule has 5 nitrogen and oxygen atoms in total. The highest BCUT2D eigenvalue weighted by Gasteiger charge is 2.31. The van der Waals surface area contributed by atoms with Crippen molar-refractivity contribution in [2.45, 2.75) is 50.7 Å². The van der Waals surface area contributed by atoms with E-state index in [1.165, 1.54) is 39.3 Å². The Morgan fingerprint density at radius 1 is 1.45 bits per heavy atom. The molecule has 0 radical (unpaired) electrons. The van der Waals surface area contributed by atoms with E-state index >= 15 is 0 Å². The summed E-state index contributed by atoms with van der Waals surface area (Å²) in [7, 11) is 3.58. The van der Waals surface area contributed by atoms with Crippen molar-refractivity contribution in [2.24, 2.45) is 0 Å². The van der Waals surface area contributed by atoms with Crippen LogP contribution in [0, 0.1) is 0 Å². The first-order valence-corrected chi connectivity index (χ1v) is 7.90. The molecule has 0 amide bonds. The molecule has 0 aromatic carbocycles. The van der Waals surface area contributed by atoms with Gasteiger partial charge in [-0.1, -0.05) is 6.92 Å². The van der Waals surface area contributed by atoms with E-state index in [4.69, 9.17) is 4.74 Å². The Kier molecular flexibility index (Phi) is 5.81. The zero-order chi connectivity index (χ0) is 14.5. The zero-order valence-electron chi connectivity index (χ0n) is 13.1. The molecule has 1 aliphatic carbocycles. The van der Waals surface area contributed by atoms with Crippen LogP contribution < -0.4 is 5.32 Å². The Morgan fingerprint density at radius 3 is 2.80 bits per heavy atom. The van der Waals surface area contributed by atoms with E-state index in [2.05, 4.69) is 29.1 Å². The van der Waals surface area contributed by atoms with E-state index in [0.717, 1.165) is 19.6 Å². The summed E-state index contributed by atoms with van der Waals surface area (Å²) in [6.45, 7) is 6.34. The van der Waals surface area contributed by atoms with E-state index in [1.807, 2.05) is 0 Å². The number of carbonyl (C=O) groups is 1. The molecule has 0 bridgehead atoms. The van der Waals surface area contributed by atoms with Crippen LogP contribution in [0.25, 0.3) is 0 Å². The molecule has 1 heterocycles. The minimum atomic E-state index is -0.186. The number of likely N-dealkylation sites (tertiary alicyclic amines) is 1. The van der Waals surface area contributed by atoms with E-state index in [1.54, 1.807) is 0 Å². The lowest BCUT2D eigenvalue weighted by Gasteiger charge is -2.29. The molecule has 1 N–H and O–H groups in total. The van der Waals surface area contributed by atoms with Crippen molar-refractivity contribution in [1.82, 2.24) is 15.1 Å². The molecule has 2 rings (SSSR count). The third kappa shape index (κ3) is 4.43. The van der Waals surface area contributed by atoms with Crippen LogP contribution in [-0.2, 0) is 9.53 Å². The fraction of sp³-hybridized carbons (Fsp3) is 0.933. The number of likely N-dealkylation sites (N-methyl/N-ethyl adjacent to an activating group) is 2. The maximum absolute atomic E-state index is 11.8. The van der Waals surface area contributed by atoms with Crippen molar-refractivity contribution in [2.75, 3.05) is 40.3 Å². The monoisotopic (exact) mass is 283 g/mol. The van der Waals surface area contributed by atoms with E-state index in [-0.39, 0.29) is 12.0 Å². The zero-order valence-corrected chi connectivity index (χ0v) is 13.1. The Labute approximate surface area is 122 Å². The summed E-state index contributed by atoms with van der Waals surface area (Å²) < 4.78 is 4.92. The van der Waals surface area contributed by atoms with Gasteiger partial charge in [0.2, 0.25) is 0 Å². The van der Waals surface area contributed by atoms with Crippen LogP contribution in [0.3, 0.4) is 0 Å². The van der Waals surface area contributed by atoms with Gasteiger partial charge in [0.25, 0.3) is 0 Å². The first kappa shape index (κ1) is 15.7. The molecule has 2 unspecified atom stereocenters. The van der Waals surface area contributed by atoms with Gasteiger partial charge in [-0.25, -0.2) is 0 Å². The number of hydrogen-bond donors (Lipinski definition) is 1. The van der Waals surface area contributed by atoms with Crippen LogP contribution in [0.5, 0.6) is 0 Å². The molecule has 116 valence electrons. The molecular formula is C15H29N3O2. The smallest absolute Gasteiger partial charge is 0.324 e. The lowest BCUT2D eigenvalue weighted by molar-refractivity contribution is -0.143. The highest BCUT2D eigenvalue weighted by atomic mass is 16.5. The van der Waals surface area contributed by atoms with Gasteiger partial charge in [0, 0.05) is 25.2 Å². The van der Waals surface area contributed by atoms with Crippen molar-refractivity contribution in [1.29, 1.82) is 0 Å². The molecule has 5 heteroatoms. The summed E-state index contributed by atoms with van der Waals surface area (Å²) in [5.41, 5.74) is 0. The summed E-state index contributed by atoms with van der Waals surface area (Å²) in [6, 6.07) is 0.976. The summed E-state index contributed by atoms with van der Waals surface area (Å²) in [6.07, 6.45) is 4.94. The predicted octanol–water partition coefficient (Wildman–Crippen LogP) is 0.696. The fourth-order valence-corrected chi connectivity index (χ4v) is 3.14. The number of rotatable bonds is 8. The third-order valence-corrected chi connectivity index (χ3v) is 4.42. The van der Waals surface area contributed by atoms with Gasteiger partial charge in [-0.15, -0.1) is 0 Å². The van der Waals surface area contributed by atoms with Gasteiger partial charge in [0.1, 0.15) is 6.04 Å². The van der Waals surface area contributed by atoms with Crippen molar-refractivity contribution < 1.29 is 9.53 Å². The van der Waals surface area contributed by atoms with E-state index < -0.39 is 0 Å². The second kappa shape index (κ2) is 7.38. The topological polar surface area (TPSA) is 44.8 Å². The van der Waals surface area contributed by atoms with Gasteiger partial charge in [-0.3, -0.25) is 9.69 Å².